The molecule has 1 unspecified atom stereocenters. The standard InChI is InChI=1S/C14H20N4/c1-3-7-12(2)15-10-13-11-16-18(17-13)14-8-5-4-6-9-14/h4-6,8-9,11-12,15H,3,7,10H2,1-2H3. The molecule has 0 amide bonds. The third-order valence-electron chi connectivity index (χ3n) is 2.88. The van der Waals surface area contributed by atoms with Crippen LogP contribution in [-0.4, -0.2) is 21.0 Å². The van der Waals surface area contributed by atoms with Crippen molar-refractivity contribution in [1.29, 1.82) is 0 Å². The van der Waals surface area contributed by atoms with Crippen molar-refractivity contribution >= 4 is 0 Å². The average Bonchev–Trinajstić information content (AvgIpc) is 2.87. The predicted molar refractivity (Wildman–Crippen MR) is 72.6 cm³/mol. The van der Waals surface area contributed by atoms with E-state index in [4.69, 9.17) is 0 Å². The lowest BCUT2D eigenvalue weighted by Crippen LogP contribution is -2.25. The summed E-state index contributed by atoms with van der Waals surface area (Å²) in [6.07, 6.45) is 4.20. The van der Waals surface area contributed by atoms with Crippen molar-refractivity contribution in [3.05, 3.63) is 42.2 Å². The first-order chi connectivity index (χ1) is 8.79. The smallest absolute Gasteiger partial charge is 0.0969 e. The minimum atomic E-state index is 0.525. The van der Waals surface area contributed by atoms with E-state index in [0.29, 0.717) is 6.04 Å². The summed E-state index contributed by atoms with van der Waals surface area (Å²) < 4.78 is 0. The Morgan fingerprint density at radius 1 is 1.28 bits per heavy atom. The molecule has 96 valence electrons. The number of para-hydroxylation sites is 1. The number of hydrogen-bond acceptors (Lipinski definition) is 3. The van der Waals surface area contributed by atoms with Crippen molar-refractivity contribution in [1.82, 2.24) is 20.3 Å². The molecule has 0 radical (unpaired) electrons. The van der Waals surface area contributed by atoms with Crippen molar-refractivity contribution in [2.45, 2.75) is 39.3 Å². The Morgan fingerprint density at radius 3 is 2.78 bits per heavy atom. The molecule has 0 aliphatic heterocycles. The van der Waals surface area contributed by atoms with Crippen LogP contribution < -0.4 is 5.32 Å². The van der Waals surface area contributed by atoms with E-state index in [2.05, 4.69) is 29.4 Å². The van der Waals surface area contributed by atoms with E-state index >= 15 is 0 Å². The molecule has 2 rings (SSSR count). The Bertz CT molecular complexity index is 464. The summed E-state index contributed by atoms with van der Waals surface area (Å²) in [4.78, 5) is 1.67. The molecule has 0 bridgehead atoms. The third kappa shape index (κ3) is 3.40. The van der Waals surface area contributed by atoms with Crippen LogP contribution in [0.1, 0.15) is 32.4 Å². The maximum atomic E-state index is 4.46. The normalized spacial score (nSPS) is 12.6. The lowest BCUT2D eigenvalue weighted by Gasteiger charge is -2.10. The number of hydrogen-bond donors (Lipinski definition) is 1. The molecule has 4 nitrogen and oxygen atoms in total. The number of rotatable bonds is 6. The molecule has 1 atom stereocenters. The molecular formula is C14H20N4. The fourth-order valence-electron chi connectivity index (χ4n) is 1.88. The summed E-state index contributed by atoms with van der Waals surface area (Å²) in [6, 6.07) is 10.5. The highest BCUT2D eigenvalue weighted by atomic mass is 15.5. The van der Waals surface area contributed by atoms with E-state index in [1.807, 2.05) is 36.5 Å². The fraction of sp³-hybridized carbons (Fsp3) is 0.429. The van der Waals surface area contributed by atoms with Gasteiger partial charge < -0.3 is 5.32 Å². The molecule has 1 heterocycles. The molecule has 0 fully saturated rings. The van der Waals surface area contributed by atoms with Gasteiger partial charge in [-0.1, -0.05) is 31.5 Å². The van der Waals surface area contributed by atoms with E-state index in [1.165, 1.54) is 12.8 Å². The van der Waals surface area contributed by atoms with Crippen LogP contribution >= 0.6 is 0 Å². The van der Waals surface area contributed by atoms with Gasteiger partial charge in [-0.15, -0.1) is 0 Å². The van der Waals surface area contributed by atoms with Gasteiger partial charge in [-0.25, -0.2) is 0 Å². The number of nitrogens with one attached hydrogen (secondary N) is 1. The first kappa shape index (κ1) is 12.8. The van der Waals surface area contributed by atoms with Crippen LogP contribution in [0.4, 0.5) is 0 Å². The highest BCUT2D eigenvalue weighted by Crippen LogP contribution is 2.04. The largest absolute Gasteiger partial charge is 0.309 e. The summed E-state index contributed by atoms with van der Waals surface area (Å²) in [6.45, 7) is 5.17. The Balaban J connectivity index is 1.95. The van der Waals surface area contributed by atoms with Crippen LogP contribution in [0.15, 0.2) is 36.5 Å². The van der Waals surface area contributed by atoms with Crippen molar-refractivity contribution in [3.63, 3.8) is 0 Å². The van der Waals surface area contributed by atoms with Gasteiger partial charge in [-0.3, -0.25) is 0 Å². The van der Waals surface area contributed by atoms with E-state index in [0.717, 1.165) is 17.9 Å². The number of benzene rings is 1. The van der Waals surface area contributed by atoms with Crippen LogP contribution in [0.5, 0.6) is 0 Å². The maximum Gasteiger partial charge on any atom is 0.0969 e. The molecule has 2 aromatic rings. The molecule has 0 aliphatic rings. The molecule has 0 spiro atoms. The van der Waals surface area contributed by atoms with Crippen molar-refractivity contribution in [2.24, 2.45) is 0 Å². The predicted octanol–water partition coefficient (Wildman–Crippen LogP) is 2.55. The summed E-state index contributed by atoms with van der Waals surface area (Å²) in [5.74, 6) is 0. The molecule has 4 heteroatoms. The van der Waals surface area contributed by atoms with Gasteiger partial charge in [0.25, 0.3) is 0 Å². The average molecular weight is 244 g/mol. The zero-order chi connectivity index (χ0) is 12.8. The van der Waals surface area contributed by atoms with Crippen molar-refractivity contribution in [3.8, 4) is 5.69 Å². The number of aromatic nitrogens is 3. The second-order valence-corrected chi connectivity index (χ2v) is 4.53. The molecule has 0 saturated carbocycles. The van der Waals surface area contributed by atoms with Crippen molar-refractivity contribution < 1.29 is 0 Å². The summed E-state index contributed by atoms with van der Waals surface area (Å²) in [5.41, 5.74) is 1.96. The summed E-state index contributed by atoms with van der Waals surface area (Å²) in [7, 11) is 0. The molecule has 0 aliphatic carbocycles. The molecule has 1 aromatic heterocycles. The summed E-state index contributed by atoms with van der Waals surface area (Å²) >= 11 is 0. The maximum absolute atomic E-state index is 4.46. The van der Waals surface area contributed by atoms with Crippen molar-refractivity contribution in [2.75, 3.05) is 0 Å². The third-order valence-corrected chi connectivity index (χ3v) is 2.88. The second-order valence-electron chi connectivity index (χ2n) is 4.53. The fourth-order valence-corrected chi connectivity index (χ4v) is 1.88. The lowest BCUT2D eigenvalue weighted by molar-refractivity contribution is 0.503. The SMILES string of the molecule is CCCC(C)NCc1cnn(-c2ccccc2)n1. The molecule has 18 heavy (non-hydrogen) atoms. The Morgan fingerprint density at radius 2 is 2.06 bits per heavy atom. The molecule has 1 N–H and O–H groups in total. The first-order valence-corrected chi connectivity index (χ1v) is 6.49. The van der Waals surface area contributed by atoms with E-state index in [9.17, 15) is 0 Å². The molecule has 1 aromatic carbocycles. The van der Waals surface area contributed by atoms with Gasteiger partial charge in [0.1, 0.15) is 0 Å². The highest BCUT2D eigenvalue weighted by Gasteiger charge is 2.04. The van der Waals surface area contributed by atoms with Crippen LogP contribution in [0.25, 0.3) is 5.69 Å². The Hall–Kier alpha value is -1.68. The van der Waals surface area contributed by atoms with Crippen LogP contribution in [-0.2, 0) is 6.54 Å². The van der Waals surface area contributed by atoms with Crippen LogP contribution in [0, 0.1) is 0 Å². The zero-order valence-corrected chi connectivity index (χ0v) is 11.0. The molecular weight excluding hydrogens is 224 g/mol. The topological polar surface area (TPSA) is 42.7 Å². The first-order valence-electron chi connectivity index (χ1n) is 6.49. The van der Waals surface area contributed by atoms with E-state index in [1.54, 1.807) is 4.80 Å². The minimum Gasteiger partial charge on any atom is -0.309 e. The molecule has 0 saturated heterocycles. The highest BCUT2D eigenvalue weighted by molar-refractivity contribution is 5.28. The van der Waals surface area contributed by atoms with Crippen LogP contribution in [0.2, 0.25) is 0 Å². The zero-order valence-electron chi connectivity index (χ0n) is 11.0. The monoisotopic (exact) mass is 244 g/mol. The van der Waals surface area contributed by atoms with Gasteiger partial charge in [0.15, 0.2) is 0 Å². The van der Waals surface area contributed by atoms with Gasteiger partial charge in [0.05, 0.1) is 17.6 Å². The van der Waals surface area contributed by atoms with Crippen LogP contribution in [0.3, 0.4) is 0 Å². The lowest BCUT2D eigenvalue weighted by atomic mass is 10.2. The van der Waals surface area contributed by atoms with E-state index in [-0.39, 0.29) is 0 Å². The van der Waals surface area contributed by atoms with E-state index < -0.39 is 0 Å². The Kier molecular flexibility index (Phi) is 4.47. The second kappa shape index (κ2) is 6.31. The van der Waals surface area contributed by atoms with Gasteiger partial charge >= 0.3 is 0 Å². The van der Waals surface area contributed by atoms with Gasteiger partial charge in [0, 0.05) is 12.6 Å². The number of nitrogens with zero attached hydrogens (tertiary/aromatic N) is 3. The van der Waals surface area contributed by atoms with Gasteiger partial charge in [-0.05, 0) is 25.5 Å². The Labute approximate surface area is 108 Å². The summed E-state index contributed by atoms with van der Waals surface area (Å²) in [5, 5.41) is 12.2. The van der Waals surface area contributed by atoms with Gasteiger partial charge in [-0.2, -0.15) is 15.0 Å². The minimum absolute atomic E-state index is 0.525. The van der Waals surface area contributed by atoms with Gasteiger partial charge in [0.2, 0.25) is 0 Å². The quantitative estimate of drug-likeness (QED) is 0.849.